The number of carbonyl (C=O) groups is 1. The van der Waals surface area contributed by atoms with Crippen molar-refractivity contribution in [1.82, 2.24) is 14.5 Å². The van der Waals surface area contributed by atoms with Crippen LogP contribution in [0.2, 0.25) is 0 Å². The number of thiophene rings is 1. The summed E-state index contributed by atoms with van der Waals surface area (Å²) in [5.74, 6) is -0.0189. The maximum atomic E-state index is 13.2. The van der Waals surface area contributed by atoms with Gasteiger partial charge in [0.2, 0.25) is 5.91 Å². The first-order valence-corrected chi connectivity index (χ1v) is 11.4. The summed E-state index contributed by atoms with van der Waals surface area (Å²) in [7, 11) is 0. The van der Waals surface area contributed by atoms with Crippen molar-refractivity contribution < 1.29 is 9.53 Å². The number of aromatic nitrogens is 2. The van der Waals surface area contributed by atoms with Crippen LogP contribution >= 0.6 is 11.3 Å². The monoisotopic (exact) mass is 423 g/mol. The fraction of sp³-hybridized carbons (Fsp3) is 0.435. The van der Waals surface area contributed by atoms with Gasteiger partial charge in [-0.3, -0.25) is 14.2 Å². The van der Waals surface area contributed by atoms with Gasteiger partial charge in [0.25, 0.3) is 5.56 Å². The predicted octanol–water partition coefficient (Wildman–Crippen LogP) is 3.60. The minimum absolute atomic E-state index is 0.0189. The third-order valence-corrected chi connectivity index (χ3v) is 7.56. The Morgan fingerprint density at radius 2 is 2.03 bits per heavy atom. The number of nitrogens with zero attached hydrogens (tertiary/aromatic N) is 3. The SMILES string of the molecule is Cc1c(-c2ccccc2)sc2ncn(CC(=O)N3CCOC4CCCCC43)c(=O)c12. The van der Waals surface area contributed by atoms with Gasteiger partial charge in [0.15, 0.2) is 0 Å². The number of amides is 1. The van der Waals surface area contributed by atoms with Crippen LogP contribution in [0.3, 0.4) is 0 Å². The minimum Gasteiger partial charge on any atom is -0.374 e. The lowest BCUT2D eigenvalue weighted by molar-refractivity contribution is -0.150. The number of carbonyl (C=O) groups excluding carboxylic acids is 1. The van der Waals surface area contributed by atoms with E-state index in [0.717, 1.165) is 46.5 Å². The van der Waals surface area contributed by atoms with E-state index < -0.39 is 0 Å². The Bertz CT molecular complexity index is 1140. The summed E-state index contributed by atoms with van der Waals surface area (Å²) >= 11 is 1.53. The van der Waals surface area contributed by atoms with Crippen LogP contribution in [0.15, 0.2) is 41.5 Å². The standard InChI is InChI=1S/C23H25N3O3S/c1-15-20-22(30-21(15)16-7-3-2-4-8-16)24-14-25(23(20)28)13-19(27)26-11-12-29-18-10-6-5-9-17(18)26/h2-4,7-8,14,17-18H,5-6,9-13H2,1H3. The number of hydrogen-bond acceptors (Lipinski definition) is 5. The summed E-state index contributed by atoms with van der Waals surface area (Å²) in [5.41, 5.74) is 1.87. The third-order valence-electron chi connectivity index (χ3n) is 6.31. The van der Waals surface area contributed by atoms with Crippen molar-refractivity contribution in [2.45, 2.75) is 51.3 Å². The molecule has 2 fully saturated rings. The highest BCUT2D eigenvalue weighted by Gasteiger charge is 2.36. The van der Waals surface area contributed by atoms with Gasteiger partial charge in [0.05, 0.1) is 30.5 Å². The van der Waals surface area contributed by atoms with Crippen molar-refractivity contribution in [3.63, 3.8) is 0 Å². The summed E-state index contributed by atoms with van der Waals surface area (Å²) < 4.78 is 7.35. The minimum atomic E-state index is -0.141. The van der Waals surface area contributed by atoms with E-state index in [1.807, 2.05) is 42.2 Å². The highest BCUT2D eigenvalue weighted by Crippen LogP contribution is 2.35. The Balaban J connectivity index is 1.45. The molecule has 2 unspecified atom stereocenters. The van der Waals surface area contributed by atoms with Crippen LogP contribution in [0.25, 0.3) is 20.7 Å². The summed E-state index contributed by atoms with van der Waals surface area (Å²) in [5, 5.41) is 0.617. The van der Waals surface area contributed by atoms with E-state index in [1.54, 1.807) is 0 Å². The molecule has 0 spiro atoms. The largest absolute Gasteiger partial charge is 0.374 e. The zero-order valence-electron chi connectivity index (χ0n) is 17.0. The van der Waals surface area contributed by atoms with Gasteiger partial charge in [-0.1, -0.05) is 43.2 Å². The molecule has 3 aromatic rings. The number of fused-ring (bicyclic) bond motifs is 2. The summed E-state index contributed by atoms with van der Waals surface area (Å²) in [6, 6.07) is 10.2. The highest BCUT2D eigenvalue weighted by molar-refractivity contribution is 7.22. The lowest BCUT2D eigenvalue weighted by atomic mass is 9.90. The fourth-order valence-electron chi connectivity index (χ4n) is 4.78. The molecular weight excluding hydrogens is 398 g/mol. The van der Waals surface area contributed by atoms with Gasteiger partial charge >= 0.3 is 0 Å². The van der Waals surface area contributed by atoms with Crippen LogP contribution in [0.5, 0.6) is 0 Å². The van der Waals surface area contributed by atoms with Gasteiger partial charge in [0, 0.05) is 11.4 Å². The van der Waals surface area contributed by atoms with Crippen molar-refractivity contribution in [1.29, 1.82) is 0 Å². The molecule has 6 nitrogen and oxygen atoms in total. The average Bonchev–Trinajstić information content (AvgIpc) is 3.13. The Morgan fingerprint density at radius 3 is 2.87 bits per heavy atom. The van der Waals surface area contributed by atoms with Gasteiger partial charge in [0.1, 0.15) is 11.4 Å². The fourth-order valence-corrected chi connectivity index (χ4v) is 5.92. The normalized spacial score (nSPS) is 21.6. The van der Waals surface area contributed by atoms with E-state index in [9.17, 15) is 9.59 Å². The van der Waals surface area contributed by atoms with Crippen LogP contribution in [0.1, 0.15) is 31.2 Å². The number of hydrogen-bond donors (Lipinski definition) is 0. The number of aryl methyl sites for hydroxylation is 1. The zero-order chi connectivity index (χ0) is 20.7. The molecule has 1 saturated heterocycles. The molecule has 0 radical (unpaired) electrons. The lowest BCUT2D eigenvalue weighted by Gasteiger charge is -2.43. The molecule has 5 rings (SSSR count). The van der Waals surface area contributed by atoms with Crippen molar-refractivity contribution >= 4 is 27.5 Å². The van der Waals surface area contributed by atoms with Crippen molar-refractivity contribution in [2.75, 3.05) is 13.2 Å². The van der Waals surface area contributed by atoms with Gasteiger partial charge in [-0.15, -0.1) is 11.3 Å². The first kappa shape index (κ1) is 19.5. The lowest BCUT2D eigenvalue weighted by Crippen LogP contribution is -2.55. The molecule has 3 heterocycles. The average molecular weight is 424 g/mol. The van der Waals surface area contributed by atoms with Crippen LogP contribution in [0.4, 0.5) is 0 Å². The molecule has 0 bridgehead atoms. The van der Waals surface area contributed by atoms with Gasteiger partial charge in [-0.2, -0.15) is 0 Å². The van der Waals surface area contributed by atoms with Crippen LogP contribution in [-0.4, -0.2) is 45.7 Å². The van der Waals surface area contributed by atoms with E-state index in [0.29, 0.717) is 18.5 Å². The molecule has 2 aliphatic rings. The van der Waals surface area contributed by atoms with Crippen molar-refractivity contribution in [2.24, 2.45) is 0 Å². The van der Waals surface area contributed by atoms with Crippen molar-refractivity contribution in [3.05, 3.63) is 52.6 Å². The van der Waals surface area contributed by atoms with E-state index in [-0.39, 0.29) is 30.2 Å². The second-order valence-corrected chi connectivity index (χ2v) is 9.13. The first-order valence-electron chi connectivity index (χ1n) is 10.6. The maximum absolute atomic E-state index is 13.2. The zero-order valence-corrected chi connectivity index (χ0v) is 17.9. The molecule has 1 amide bonds. The van der Waals surface area contributed by atoms with E-state index >= 15 is 0 Å². The molecule has 7 heteroatoms. The molecule has 1 aliphatic heterocycles. The molecular formula is C23H25N3O3S. The number of benzene rings is 1. The summed E-state index contributed by atoms with van der Waals surface area (Å²) in [6.07, 6.45) is 5.93. The Hall–Kier alpha value is -2.51. The number of rotatable bonds is 3. The van der Waals surface area contributed by atoms with E-state index in [4.69, 9.17) is 4.74 Å². The first-order chi connectivity index (χ1) is 14.6. The molecule has 0 N–H and O–H groups in total. The Morgan fingerprint density at radius 1 is 1.23 bits per heavy atom. The number of ether oxygens (including phenoxy) is 1. The Labute approximate surface area is 179 Å². The molecule has 156 valence electrons. The topological polar surface area (TPSA) is 64.4 Å². The van der Waals surface area contributed by atoms with Gasteiger partial charge < -0.3 is 9.64 Å². The Kier molecular flexibility index (Phi) is 5.16. The molecule has 1 aliphatic carbocycles. The van der Waals surface area contributed by atoms with E-state index in [1.165, 1.54) is 22.2 Å². The molecule has 1 aromatic carbocycles. The molecule has 2 atom stereocenters. The van der Waals surface area contributed by atoms with Crippen LogP contribution in [-0.2, 0) is 16.1 Å². The predicted molar refractivity (Wildman–Crippen MR) is 118 cm³/mol. The second kappa shape index (κ2) is 7.96. The molecule has 1 saturated carbocycles. The van der Waals surface area contributed by atoms with Crippen LogP contribution in [0, 0.1) is 6.92 Å². The third kappa shape index (κ3) is 3.36. The molecule has 30 heavy (non-hydrogen) atoms. The summed E-state index contributed by atoms with van der Waals surface area (Å²) in [4.78, 5) is 34.6. The summed E-state index contributed by atoms with van der Waals surface area (Å²) in [6.45, 7) is 3.16. The van der Waals surface area contributed by atoms with Crippen molar-refractivity contribution in [3.8, 4) is 10.4 Å². The smallest absolute Gasteiger partial charge is 0.262 e. The number of morpholine rings is 1. The van der Waals surface area contributed by atoms with E-state index in [2.05, 4.69) is 4.98 Å². The highest BCUT2D eigenvalue weighted by atomic mass is 32.1. The molecule has 2 aromatic heterocycles. The van der Waals surface area contributed by atoms with Gasteiger partial charge in [-0.25, -0.2) is 4.98 Å². The second-order valence-electron chi connectivity index (χ2n) is 8.13. The maximum Gasteiger partial charge on any atom is 0.262 e. The quantitative estimate of drug-likeness (QED) is 0.646. The van der Waals surface area contributed by atoms with Gasteiger partial charge in [-0.05, 0) is 30.9 Å². The van der Waals surface area contributed by atoms with Crippen LogP contribution < -0.4 is 5.56 Å².